The first-order valence-electron chi connectivity index (χ1n) is 13.8. The van der Waals surface area contributed by atoms with E-state index in [4.69, 9.17) is 37.9 Å². The molecule has 2 atom stereocenters. The Morgan fingerprint density at radius 1 is 0.683 bits per heavy atom. The molecule has 2 unspecified atom stereocenters. The predicted molar refractivity (Wildman–Crippen MR) is 147 cm³/mol. The van der Waals surface area contributed by atoms with Crippen molar-refractivity contribution in [1.29, 1.82) is 0 Å². The highest BCUT2D eigenvalue weighted by Crippen LogP contribution is 2.28. The van der Waals surface area contributed by atoms with Gasteiger partial charge in [-0.2, -0.15) is 0 Å². The summed E-state index contributed by atoms with van der Waals surface area (Å²) in [6.45, 7) is 6.77. The van der Waals surface area contributed by atoms with Gasteiger partial charge in [0.25, 0.3) is 0 Å². The van der Waals surface area contributed by atoms with Crippen LogP contribution in [0.5, 0.6) is 23.0 Å². The summed E-state index contributed by atoms with van der Waals surface area (Å²) < 4.78 is 44.8. The molecule has 0 spiro atoms. The molecule has 2 fully saturated rings. The maximum atomic E-state index is 12.6. The van der Waals surface area contributed by atoms with Crippen molar-refractivity contribution in [3.05, 3.63) is 48.5 Å². The number of rotatable bonds is 12. The van der Waals surface area contributed by atoms with Crippen LogP contribution in [0.3, 0.4) is 0 Å². The zero-order valence-electron chi connectivity index (χ0n) is 23.5. The number of carbonyl (C=O) groups excluding carboxylic acids is 2. The standard InChI is InChI=1S/C29H38N2O10/c1-3-34-24-9-5-7-11-26(24)38-19-22-17-30(13-15-36-22)28(32)40-21-41-29(33)31-14-16-37-23(18-31)20-39-27-12-8-6-10-25(27)35-4-2/h5-12,22-23H,3-4,13-21H2,1-2H3. The predicted octanol–water partition coefficient (Wildman–Crippen LogP) is 3.57. The smallest absolute Gasteiger partial charge is 0.412 e. The number of benzene rings is 2. The lowest BCUT2D eigenvalue weighted by Crippen LogP contribution is -2.49. The minimum absolute atomic E-state index is 0.238. The van der Waals surface area contributed by atoms with E-state index in [1.807, 2.05) is 62.4 Å². The molecule has 0 N–H and O–H groups in total. The van der Waals surface area contributed by atoms with Gasteiger partial charge in [-0.15, -0.1) is 0 Å². The molecule has 4 rings (SSSR count). The first kappa shape index (κ1) is 30.1. The quantitative estimate of drug-likeness (QED) is 0.349. The molecule has 2 heterocycles. The number of carbonyl (C=O) groups is 2. The third kappa shape index (κ3) is 9.05. The number of amides is 2. The van der Waals surface area contributed by atoms with E-state index in [0.29, 0.717) is 62.5 Å². The molecule has 12 nitrogen and oxygen atoms in total. The molecule has 0 aromatic heterocycles. The van der Waals surface area contributed by atoms with Crippen LogP contribution >= 0.6 is 0 Å². The highest BCUT2D eigenvalue weighted by Gasteiger charge is 2.28. The van der Waals surface area contributed by atoms with Crippen molar-refractivity contribution in [3.63, 3.8) is 0 Å². The van der Waals surface area contributed by atoms with Crippen LogP contribution in [-0.2, 0) is 18.9 Å². The zero-order chi connectivity index (χ0) is 28.9. The van der Waals surface area contributed by atoms with Crippen LogP contribution < -0.4 is 18.9 Å². The third-order valence-corrected chi connectivity index (χ3v) is 6.31. The summed E-state index contributed by atoms with van der Waals surface area (Å²) in [4.78, 5) is 28.2. The molecule has 0 aliphatic carbocycles. The molecular formula is C29H38N2O10. The summed E-state index contributed by atoms with van der Waals surface area (Å²) >= 11 is 0. The second-order valence-electron chi connectivity index (χ2n) is 9.20. The fourth-order valence-corrected chi connectivity index (χ4v) is 4.34. The van der Waals surface area contributed by atoms with Crippen LogP contribution in [0.4, 0.5) is 9.59 Å². The Bertz CT molecular complexity index is 1030. The van der Waals surface area contributed by atoms with Crippen molar-refractivity contribution >= 4 is 12.2 Å². The Kier molecular flexibility index (Phi) is 11.6. The molecule has 2 amide bonds. The summed E-state index contributed by atoms with van der Waals surface area (Å²) in [5.41, 5.74) is 0. The summed E-state index contributed by atoms with van der Waals surface area (Å²) in [5.74, 6) is 2.51. The first-order valence-corrected chi connectivity index (χ1v) is 13.8. The fourth-order valence-electron chi connectivity index (χ4n) is 4.34. The molecule has 2 saturated heterocycles. The Hall–Kier alpha value is -3.90. The normalized spacial score (nSPS) is 18.8. The first-order chi connectivity index (χ1) is 20.1. The number of para-hydroxylation sites is 4. The second kappa shape index (κ2) is 15.8. The SMILES string of the molecule is CCOc1ccccc1OCC1CN(C(=O)OCOC(=O)N2CCOC(COc3ccccc3OCC)C2)CCO1. The van der Waals surface area contributed by atoms with Crippen LogP contribution in [-0.4, -0.2) is 107 Å². The van der Waals surface area contributed by atoms with Gasteiger partial charge in [0.05, 0.1) is 39.5 Å². The van der Waals surface area contributed by atoms with Gasteiger partial charge in [-0.25, -0.2) is 9.59 Å². The molecule has 2 aliphatic heterocycles. The van der Waals surface area contributed by atoms with E-state index in [0.717, 1.165) is 0 Å². The monoisotopic (exact) mass is 574 g/mol. The molecular weight excluding hydrogens is 536 g/mol. The second-order valence-corrected chi connectivity index (χ2v) is 9.20. The van der Waals surface area contributed by atoms with Crippen molar-refractivity contribution < 1.29 is 47.5 Å². The minimum Gasteiger partial charge on any atom is -0.490 e. The summed E-state index contributed by atoms with van der Waals surface area (Å²) in [5, 5.41) is 0. The number of nitrogens with zero attached hydrogens (tertiary/aromatic N) is 2. The highest BCUT2D eigenvalue weighted by atomic mass is 16.7. The zero-order valence-corrected chi connectivity index (χ0v) is 23.5. The minimum atomic E-state index is -0.595. The van der Waals surface area contributed by atoms with Crippen LogP contribution in [0.15, 0.2) is 48.5 Å². The Labute approximate surface area is 239 Å². The van der Waals surface area contributed by atoms with E-state index in [1.165, 1.54) is 9.80 Å². The Balaban J connectivity index is 1.16. The van der Waals surface area contributed by atoms with E-state index in [-0.39, 0.29) is 38.5 Å². The van der Waals surface area contributed by atoms with Crippen molar-refractivity contribution in [2.75, 3.05) is 72.6 Å². The summed E-state index contributed by atoms with van der Waals surface area (Å²) in [6, 6.07) is 14.8. The van der Waals surface area contributed by atoms with Crippen LogP contribution in [0.25, 0.3) is 0 Å². The lowest BCUT2D eigenvalue weighted by molar-refractivity contribution is -0.0677. The van der Waals surface area contributed by atoms with Gasteiger partial charge in [0, 0.05) is 13.1 Å². The molecule has 2 aromatic carbocycles. The summed E-state index contributed by atoms with van der Waals surface area (Å²) in [7, 11) is 0. The largest absolute Gasteiger partial charge is 0.490 e. The topological polar surface area (TPSA) is 114 Å². The van der Waals surface area contributed by atoms with Gasteiger partial charge in [-0.3, -0.25) is 0 Å². The molecule has 0 saturated carbocycles. The Morgan fingerprint density at radius 3 is 1.46 bits per heavy atom. The molecule has 0 radical (unpaired) electrons. The number of ether oxygens (including phenoxy) is 8. The lowest BCUT2D eigenvalue weighted by Gasteiger charge is -2.33. The molecule has 224 valence electrons. The van der Waals surface area contributed by atoms with Crippen molar-refractivity contribution in [2.24, 2.45) is 0 Å². The van der Waals surface area contributed by atoms with E-state index >= 15 is 0 Å². The molecule has 2 aliphatic rings. The van der Waals surface area contributed by atoms with Crippen LogP contribution in [0.1, 0.15) is 13.8 Å². The molecule has 2 aromatic rings. The van der Waals surface area contributed by atoms with Gasteiger partial charge in [0.15, 0.2) is 23.0 Å². The maximum absolute atomic E-state index is 12.6. The number of hydrogen-bond acceptors (Lipinski definition) is 10. The van der Waals surface area contributed by atoms with Gasteiger partial charge in [-0.1, -0.05) is 24.3 Å². The van der Waals surface area contributed by atoms with Gasteiger partial charge in [-0.05, 0) is 38.1 Å². The van der Waals surface area contributed by atoms with Gasteiger partial charge < -0.3 is 47.7 Å². The third-order valence-electron chi connectivity index (χ3n) is 6.31. The van der Waals surface area contributed by atoms with Crippen molar-refractivity contribution in [3.8, 4) is 23.0 Å². The van der Waals surface area contributed by atoms with Crippen molar-refractivity contribution in [1.82, 2.24) is 9.80 Å². The van der Waals surface area contributed by atoms with Gasteiger partial charge in [0.1, 0.15) is 25.4 Å². The van der Waals surface area contributed by atoms with E-state index in [9.17, 15) is 9.59 Å². The van der Waals surface area contributed by atoms with Crippen molar-refractivity contribution in [2.45, 2.75) is 26.1 Å². The van der Waals surface area contributed by atoms with E-state index < -0.39 is 19.0 Å². The van der Waals surface area contributed by atoms with Gasteiger partial charge >= 0.3 is 12.2 Å². The fraction of sp³-hybridized carbons (Fsp3) is 0.517. The van der Waals surface area contributed by atoms with Crippen LogP contribution in [0, 0.1) is 0 Å². The average Bonchev–Trinajstić information content (AvgIpc) is 3.00. The van der Waals surface area contributed by atoms with Gasteiger partial charge in [0.2, 0.25) is 6.79 Å². The maximum Gasteiger partial charge on any atom is 0.412 e. The number of hydrogen-bond donors (Lipinski definition) is 0. The average molecular weight is 575 g/mol. The lowest BCUT2D eigenvalue weighted by atomic mass is 10.3. The van der Waals surface area contributed by atoms with E-state index in [2.05, 4.69) is 0 Å². The molecule has 12 heteroatoms. The summed E-state index contributed by atoms with van der Waals surface area (Å²) in [6.07, 6.45) is -1.88. The van der Waals surface area contributed by atoms with Crippen LogP contribution in [0.2, 0.25) is 0 Å². The highest BCUT2D eigenvalue weighted by molar-refractivity contribution is 5.69. The molecule has 41 heavy (non-hydrogen) atoms. The molecule has 0 bridgehead atoms. The number of morpholine rings is 2. The Morgan fingerprint density at radius 2 is 1.07 bits per heavy atom. The van der Waals surface area contributed by atoms with E-state index in [1.54, 1.807) is 0 Å².